The largest absolute Gasteiger partial charge is 0.381 e. The third-order valence-corrected chi connectivity index (χ3v) is 5.62. The standard InChI is InChI=1S/C19H19Cl2N3O5/c20-13-1-3-15(16(21)9-13)19(5-7-29-8-6-19)12-22-17(25)11-23-10-14(24(27)28)2-4-18(23)26/h1-4,9-10H,5-8,11-12H2,(H,22,25). The van der Waals surface area contributed by atoms with Crippen LogP contribution in [-0.2, 0) is 21.5 Å². The molecule has 10 heteroatoms. The van der Waals surface area contributed by atoms with E-state index in [-0.39, 0.29) is 12.2 Å². The molecule has 0 saturated carbocycles. The number of nitrogens with one attached hydrogen (secondary N) is 1. The van der Waals surface area contributed by atoms with E-state index in [9.17, 15) is 19.7 Å². The normalized spacial score (nSPS) is 15.7. The summed E-state index contributed by atoms with van der Waals surface area (Å²) in [6.45, 7) is 1.03. The van der Waals surface area contributed by atoms with E-state index in [1.807, 2.05) is 6.07 Å². The Hall–Kier alpha value is -2.42. The number of ether oxygens (including phenoxy) is 1. The molecular weight excluding hydrogens is 421 g/mol. The number of pyridine rings is 1. The van der Waals surface area contributed by atoms with Gasteiger partial charge in [-0.05, 0) is 30.5 Å². The van der Waals surface area contributed by atoms with Gasteiger partial charge in [-0.15, -0.1) is 0 Å². The molecule has 1 aromatic carbocycles. The molecule has 0 unspecified atom stereocenters. The molecule has 0 bridgehead atoms. The van der Waals surface area contributed by atoms with Gasteiger partial charge in [0.05, 0.1) is 11.1 Å². The van der Waals surface area contributed by atoms with Crippen molar-refractivity contribution in [2.45, 2.75) is 24.8 Å². The van der Waals surface area contributed by atoms with Crippen molar-refractivity contribution < 1.29 is 14.5 Å². The predicted octanol–water partition coefficient (Wildman–Crippen LogP) is 2.93. The van der Waals surface area contributed by atoms with Crippen LogP contribution in [-0.4, -0.2) is 35.2 Å². The second-order valence-corrected chi connectivity index (χ2v) is 7.75. The van der Waals surface area contributed by atoms with Gasteiger partial charge in [-0.3, -0.25) is 24.3 Å². The molecule has 0 aliphatic carbocycles. The van der Waals surface area contributed by atoms with Gasteiger partial charge in [0.1, 0.15) is 6.54 Å². The molecule has 1 aliphatic heterocycles. The zero-order valence-corrected chi connectivity index (χ0v) is 16.9. The number of carbonyl (C=O) groups is 1. The molecule has 2 aromatic rings. The van der Waals surface area contributed by atoms with E-state index in [1.54, 1.807) is 12.1 Å². The smallest absolute Gasteiger partial charge is 0.285 e. The van der Waals surface area contributed by atoms with Crippen molar-refractivity contribution in [3.63, 3.8) is 0 Å². The maximum atomic E-state index is 12.5. The van der Waals surface area contributed by atoms with E-state index >= 15 is 0 Å². The predicted molar refractivity (Wildman–Crippen MR) is 109 cm³/mol. The van der Waals surface area contributed by atoms with Gasteiger partial charge in [0.2, 0.25) is 5.91 Å². The van der Waals surface area contributed by atoms with Gasteiger partial charge in [0.15, 0.2) is 0 Å². The second kappa shape index (κ2) is 8.94. The fraction of sp³-hybridized carbons (Fsp3) is 0.368. The molecule has 1 amide bonds. The highest BCUT2D eigenvalue weighted by Crippen LogP contribution is 2.39. The van der Waals surface area contributed by atoms with E-state index in [0.29, 0.717) is 42.6 Å². The molecule has 8 nitrogen and oxygen atoms in total. The van der Waals surface area contributed by atoms with Crippen molar-refractivity contribution >= 4 is 34.8 Å². The number of benzene rings is 1. The Bertz CT molecular complexity index is 986. The van der Waals surface area contributed by atoms with Gasteiger partial charge >= 0.3 is 0 Å². The minimum Gasteiger partial charge on any atom is -0.381 e. The highest BCUT2D eigenvalue weighted by Gasteiger charge is 2.36. The summed E-state index contributed by atoms with van der Waals surface area (Å²) >= 11 is 12.4. The van der Waals surface area contributed by atoms with E-state index in [2.05, 4.69) is 5.32 Å². The number of amides is 1. The van der Waals surface area contributed by atoms with Crippen molar-refractivity contribution in [3.05, 3.63) is 72.6 Å². The maximum Gasteiger partial charge on any atom is 0.285 e. The average molecular weight is 440 g/mol. The molecule has 1 N–H and O–H groups in total. The van der Waals surface area contributed by atoms with Crippen molar-refractivity contribution in [1.29, 1.82) is 0 Å². The maximum absolute atomic E-state index is 12.5. The van der Waals surface area contributed by atoms with Gasteiger partial charge in [0.25, 0.3) is 11.2 Å². The first-order chi connectivity index (χ1) is 13.8. The number of halogens is 2. The lowest BCUT2D eigenvalue weighted by atomic mass is 9.74. The van der Waals surface area contributed by atoms with Gasteiger partial charge in [-0.25, -0.2) is 0 Å². The van der Waals surface area contributed by atoms with E-state index in [4.69, 9.17) is 27.9 Å². The Morgan fingerprint density at radius 2 is 1.97 bits per heavy atom. The number of hydrogen-bond donors (Lipinski definition) is 1. The zero-order chi connectivity index (χ0) is 21.0. The third kappa shape index (κ3) is 4.95. The van der Waals surface area contributed by atoms with Crippen molar-refractivity contribution in [2.24, 2.45) is 0 Å². The first-order valence-corrected chi connectivity index (χ1v) is 9.71. The molecule has 2 heterocycles. The first kappa shape index (κ1) is 21.3. The minimum absolute atomic E-state index is 0.258. The third-order valence-electron chi connectivity index (χ3n) is 5.07. The summed E-state index contributed by atoms with van der Waals surface area (Å²) in [5, 5.41) is 14.8. The zero-order valence-electron chi connectivity index (χ0n) is 15.4. The molecule has 29 heavy (non-hydrogen) atoms. The molecular formula is C19H19Cl2N3O5. The van der Waals surface area contributed by atoms with Crippen LogP contribution in [0.15, 0.2) is 41.3 Å². The van der Waals surface area contributed by atoms with Gasteiger partial charge in [-0.2, -0.15) is 0 Å². The Kier molecular flexibility index (Phi) is 6.56. The van der Waals surface area contributed by atoms with Crippen LogP contribution in [0.3, 0.4) is 0 Å². The van der Waals surface area contributed by atoms with Crippen LogP contribution < -0.4 is 10.9 Å². The lowest BCUT2D eigenvalue weighted by Crippen LogP contribution is -2.46. The van der Waals surface area contributed by atoms with E-state index in [1.165, 1.54) is 0 Å². The SMILES string of the molecule is O=C(Cn1cc([N+](=O)[O-])ccc1=O)NCC1(c2ccc(Cl)cc2Cl)CCOCC1. The lowest BCUT2D eigenvalue weighted by Gasteiger charge is -2.38. The molecule has 154 valence electrons. The number of hydrogen-bond acceptors (Lipinski definition) is 5. The van der Waals surface area contributed by atoms with Crippen molar-refractivity contribution in [1.82, 2.24) is 9.88 Å². The molecule has 0 atom stereocenters. The summed E-state index contributed by atoms with van der Waals surface area (Å²) in [7, 11) is 0. The number of rotatable bonds is 6. The Morgan fingerprint density at radius 1 is 1.24 bits per heavy atom. The molecule has 0 radical (unpaired) electrons. The monoisotopic (exact) mass is 439 g/mol. The van der Waals surface area contributed by atoms with Crippen LogP contribution in [0, 0.1) is 10.1 Å². The van der Waals surface area contributed by atoms with Crippen LogP contribution in [0.2, 0.25) is 10.0 Å². The summed E-state index contributed by atoms with van der Waals surface area (Å²) in [5.74, 6) is -0.427. The summed E-state index contributed by atoms with van der Waals surface area (Å²) in [6, 6.07) is 7.45. The number of nitrogens with zero attached hydrogens (tertiary/aromatic N) is 2. The molecule has 3 rings (SSSR count). The van der Waals surface area contributed by atoms with Crippen molar-refractivity contribution in [3.8, 4) is 0 Å². The van der Waals surface area contributed by atoms with Gasteiger partial charge in [0, 0.05) is 47.4 Å². The van der Waals surface area contributed by atoms with Crippen molar-refractivity contribution in [2.75, 3.05) is 19.8 Å². The first-order valence-electron chi connectivity index (χ1n) is 8.96. The number of aromatic nitrogens is 1. The summed E-state index contributed by atoms with van der Waals surface area (Å²) in [5.41, 5.74) is -0.304. The summed E-state index contributed by atoms with van der Waals surface area (Å²) < 4.78 is 6.49. The molecule has 1 aromatic heterocycles. The van der Waals surface area contributed by atoms with Gasteiger partial charge in [-0.1, -0.05) is 29.3 Å². The summed E-state index contributed by atoms with van der Waals surface area (Å²) in [6.07, 6.45) is 2.37. The van der Waals surface area contributed by atoms with Crippen LogP contribution in [0.1, 0.15) is 18.4 Å². The molecule has 1 fully saturated rings. The van der Waals surface area contributed by atoms with Gasteiger partial charge < -0.3 is 10.1 Å². The highest BCUT2D eigenvalue weighted by atomic mass is 35.5. The topological polar surface area (TPSA) is 103 Å². The van der Waals surface area contributed by atoms with Crippen LogP contribution in [0.25, 0.3) is 0 Å². The minimum atomic E-state index is -0.618. The molecule has 1 aliphatic rings. The fourth-order valence-electron chi connectivity index (χ4n) is 3.45. The Morgan fingerprint density at radius 3 is 2.62 bits per heavy atom. The van der Waals surface area contributed by atoms with Crippen LogP contribution in [0.4, 0.5) is 5.69 Å². The Balaban J connectivity index is 1.76. The summed E-state index contributed by atoms with van der Waals surface area (Å²) in [4.78, 5) is 34.7. The number of carbonyl (C=O) groups excluding carboxylic acids is 1. The van der Waals surface area contributed by atoms with E-state index in [0.717, 1.165) is 28.5 Å². The quantitative estimate of drug-likeness (QED) is 0.550. The van der Waals surface area contributed by atoms with Crippen LogP contribution >= 0.6 is 23.2 Å². The Labute approximate surface area is 176 Å². The second-order valence-electron chi connectivity index (χ2n) is 6.90. The average Bonchev–Trinajstić information content (AvgIpc) is 2.68. The van der Waals surface area contributed by atoms with Crippen LogP contribution in [0.5, 0.6) is 0 Å². The molecule has 1 saturated heterocycles. The lowest BCUT2D eigenvalue weighted by molar-refractivity contribution is -0.385. The number of nitro groups is 1. The molecule has 0 spiro atoms. The fourth-order valence-corrected chi connectivity index (χ4v) is 4.06. The highest BCUT2D eigenvalue weighted by molar-refractivity contribution is 6.35. The van der Waals surface area contributed by atoms with E-state index < -0.39 is 21.8 Å².